The molecule has 0 aliphatic carbocycles. The fourth-order valence-corrected chi connectivity index (χ4v) is 2.61. The molecular formula is C21H26O5. The third-order valence-corrected chi connectivity index (χ3v) is 4.06. The van der Waals surface area contributed by atoms with Crippen LogP contribution in [0, 0.1) is 0 Å². The van der Waals surface area contributed by atoms with Gasteiger partial charge in [0.15, 0.2) is 6.10 Å². The minimum atomic E-state index is -0.966. The Bertz CT molecular complexity index is 694. The van der Waals surface area contributed by atoms with Gasteiger partial charge in [0.25, 0.3) is 0 Å². The van der Waals surface area contributed by atoms with Crippen molar-refractivity contribution in [3.05, 3.63) is 59.7 Å². The van der Waals surface area contributed by atoms with E-state index in [1.54, 1.807) is 0 Å². The highest BCUT2D eigenvalue weighted by atomic mass is 16.5. The van der Waals surface area contributed by atoms with Crippen LogP contribution < -0.4 is 9.47 Å². The second kappa shape index (κ2) is 9.82. The third-order valence-electron chi connectivity index (χ3n) is 4.06. The van der Waals surface area contributed by atoms with Gasteiger partial charge in [-0.25, -0.2) is 4.79 Å². The lowest BCUT2D eigenvalue weighted by molar-refractivity contribution is -0.148. The topological polar surface area (TPSA) is 65.0 Å². The highest BCUT2D eigenvalue weighted by Gasteiger charge is 2.16. The Labute approximate surface area is 154 Å². The summed E-state index contributed by atoms with van der Waals surface area (Å²) in [5, 5.41) is 9.02. The Hall–Kier alpha value is -2.53. The molecule has 140 valence electrons. The van der Waals surface area contributed by atoms with Crippen molar-refractivity contribution in [2.24, 2.45) is 0 Å². The van der Waals surface area contributed by atoms with E-state index >= 15 is 0 Å². The predicted octanol–water partition coefficient (Wildman–Crippen LogP) is 3.91. The molecule has 0 fully saturated rings. The summed E-state index contributed by atoms with van der Waals surface area (Å²) in [4.78, 5) is 11.0. The minimum Gasteiger partial charge on any atom is -0.490 e. The van der Waals surface area contributed by atoms with E-state index in [4.69, 9.17) is 19.3 Å². The first kappa shape index (κ1) is 19.8. The van der Waals surface area contributed by atoms with Gasteiger partial charge in [0.1, 0.15) is 24.7 Å². The van der Waals surface area contributed by atoms with Crippen LogP contribution in [0.15, 0.2) is 48.5 Å². The van der Waals surface area contributed by atoms with E-state index < -0.39 is 12.1 Å². The second-order valence-corrected chi connectivity index (χ2v) is 6.30. The number of para-hydroxylation sites is 1. The van der Waals surface area contributed by atoms with Gasteiger partial charge in [0, 0.05) is 13.5 Å². The molecule has 1 N–H and O–H groups in total. The van der Waals surface area contributed by atoms with Gasteiger partial charge in [-0.2, -0.15) is 0 Å². The average Bonchev–Trinajstić information content (AvgIpc) is 2.64. The number of hydrogen-bond donors (Lipinski definition) is 1. The van der Waals surface area contributed by atoms with Gasteiger partial charge in [-0.3, -0.25) is 0 Å². The van der Waals surface area contributed by atoms with Crippen molar-refractivity contribution in [1.82, 2.24) is 0 Å². The number of carbonyl (C=O) groups is 1. The largest absolute Gasteiger partial charge is 0.490 e. The molecule has 0 bridgehead atoms. The van der Waals surface area contributed by atoms with Crippen molar-refractivity contribution in [1.29, 1.82) is 0 Å². The zero-order valence-electron chi connectivity index (χ0n) is 15.5. The molecule has 0 amide bonds. The molecule has 0 aromatic heterocycles. The molecule has 2 rings (SSSR count). The monoisotopic (exact) mass is 358 g/mol. The maximum Gasteiger partial charge on any atom is 0.333 e. The first-order valence-electron chi connectivity index (χ1n) is 8.70. The molecule has 2 aromatic rings. The highest BCUT2D eigenvalue weighted by Crippen LogP contribution is 2.25. The van der Waals surface area contributed by atoms with E-state index in [9.17, 15) is 4.79 Å². The predicted molar refractivity (Wildman–Crippen MR) is 100 cm³/mol. The summed E-state index contributed by atoms with van der Waals surface area (Å²) in [5.41, 5.74) is 2.07. The summed E-state index contributed by atoms with van der Waals surface area (Å²) in [6, 6.07) is 15.4. The Morgan fingerprint density at radius 3 is 2.27 bits per heavy atom. The summed E-state index contributed by atoms with van der Waals surface area (Å²) < 4.78 is 16.5. The first-order chi connectivity index (χ1) is 12.5. The van der Waals surface area contributed by atoms with Crippen LogP contribution in [0.1, 0.15) is 30.9 Å². The van der Waals surface area contributed by atoms with E-state index in [0.717, 1.165) is 17.1 Å². The molecule has 2 aromatic carbocycles. The van der Waals surface area contributed by atoms with Crippen LogP contribution in [0.25, 0.3) is 0 Å². The van der Waals surface area contributed by atoms with Crippen molar-refractivity contribution < 1.29 is 24.1 Å². The quantitative estimate of drug-likeness (QED) is 0.652. The van der Waals surface area contributed by atoms with Crippen LogP contribution in [-0.2, 0) is 16.0 Å². The van der Waals surface area contributed by atoms with Crippen LogP contribution in [0.5, 0.6) is 11.5 Å². The summed E-state index contributed by atoms with van der Waals surface area (Å²) in [5.74, 6) is 1.05. The first-order valence-corrected chi connectivity index (χ1v) is 8.70. The Morgan fingerprint density at radius 1 is 1.00 bits per heavy atom. The van der Waals surface area contributed by atoms with Crippen LogP contribution in [0.2, 0.25) is 0 Å². The molecule has 5 nitrogen and oxygen atoms in total. The summed E-state index contributed by atoms with van der Waals surface area (Å²) in [6.07, 6.45) is -0.516. The lowest BCUT2D eigenvalue weighted by atomic mass is 10.0. The molecule has 0 radical (unpaired) electrons. The highest BCUT2D eigenvalue weighted by molar-refractivity contribution is 5.72. The van der Waals surface area contributed by atoms with E-state index in [1.807, 2.05) is 42.5 Å². The van der Waals surface area contributed by atoms with Crippen molar-refractivity contribution >= 4 is 5.97 Å². The number of rotatable bonds is 10. The van der Waals surface area contributed by atoms with Crippen LogP contribution >= 0.6 is 0 Å². The van der Waals surface area contributed by atoms with Crippen molar-refractivity contribution in [2.75, 3.05) is 20.3 Å². The third kappa shape index (κ3) is 5.77. The summed E-state index contributed by atoms with van der Waals surface area (Å²) in [6.45, 7) is 5.16. The molecule has 0 heterocycles. The van der Waals surface area contributed by atoms with Gasteiger partial charge in [-0.1, -0.05) is 44.2 Å². The molecule has 26 heavy (non-hydrogen) atoms. The number of aliphatic carboxylic acids is 1. The fourth-order valence-electron chi connectivity index (χ4n) is 2.61. The van der Waals surface area contributed by atoms with Gasteiger partial charge in [-0.05, 0) is 35.2 Å². The molecule has 0 aliphatic rings. The molecular weight excluding hydrogens is 332 g/mol. The number of carboxylic acid groups (broad SMARTS) is 1. The molecule has 1 atom stereocenters. The smallest absolute Gasteiger partial charge is 0.333 e. The molecule has 0 unspecified atom stereocenters. The lowest BCUT2D eigenvalue weighted by Gasteiger charge is -2.14. The fraction of sp³-hybridized carbons (Fsp3) is 0.381. The standard InChI is InChI=1S/C21H26O5/c1-15(2)18-6-4-5-7-19(18)26-13-12-25-17-10-8-16(9-11-17)14-20(24-3)21(22)23/h4-11,15,20H,12-14H2,1-3H3,(H,22,23)/t20-/m0/s1. The SMILES string of the molecule is CO[C@@H](Cc1ccc(OCCOc2ccccc2C(C)C)cc1)C(=O)O. The Morgan fingerprint density at radius 2 is 1.65 bits per heavy atom. The maximum absolute atomic E-state index is 11.0. The van der Waals surface area contributed by atoms with E-state index in [0.29, 0.717) is 25.6 Å². The van der Waals surface area contributed by atoms with Gasteiger partial charge in [-0.15, -0.1) is 0 Å². The van der Waals surface area contributed by atoms with Crippen molar-refractivity contribution in [3.63, 3.8) is 0 Å². The van der Waals surface area contributed by atoms with Crippen molar-refractivity contribution in [2.45, 2.75) is 32.3 Å². The lowest BCUT2D eigenvalue weighted by Crippen LogP contribution is -2.24. The van der Waals surface area contributed by atoms with E-state index in [1.165, 1.54) is 12.7 Å². The summed E-state index contributed by atoms with van der Waals surface area (Å²) in [7, 11) is 1.40. The zero-order chi connectivity index (χ0) is 18.9. The zero-order valence-corrected chi connectivity index (χ0v) is 15.5. The van der Waals surface area contributed by atoms with Crippen molar-refractivity contribution in [3.8, 4) is 11.5 Å². The number of benzene rings is 2. The second-order valence-electron chi connectivity index (χ2n) is 6.30. The molecule has 5 heteroatoms. The molecule has 0 saturated carbocycles. The number of carboxylic acids is 1. The Kier molecular flexibility index (Phi) is 7.48. The van der Waals surface area contributed by atoms with Crippen LogP contribution in [-0.4, -0.2) is 37.5 Å². The Balaban J connectivity index is 1.81. The van der Waals surface area contributed by atoms with E-state index in [2.05, 4.69) is 19.9 Å². The molecule has 0 spiro atoms. The number of ether oxygens (including phenoxy) is 3. The molecule has 0 aliphatic heterocycles. The minimum absolute atomic E-state index is 0.321. The normalized spacial score (nSPS) is 12.0. The van der Waals surface area contributed by atoms with Gasteiger partial charge in [0.05, 0.1) is 0 Å². The van der Waals surface area contributed by atoms with Gasteiger partial charge in [0.2, 0.25) is 0 Å². The number of hydrogen-bond acceptors (Lipinski definition) is 4. The van der Waals surface area contributed by atoms with Crippen LogP contribution in [0.4, 0.5) is 0 Å². The van der Waals surface area contributed by atoms with Gasteiger partial charge >= 0.3 is 5.97 Å². The number of methoxy groups -OCH3 is 1. The maximum atomic E-state index is 11.0. The summed E-state index contributed by atoms with van der Waals surface area (Å²) >= 11 is 0. The van der Waals surface area contributed by atoms with E-state index in [-0.39, 0.29) is 0 Å². The molecule has 0 saturated heterocycles. The average molecular weight is 358 g/mol. The van der Waals surface area contributed by atoms with Crippen LogP contribution in [0.3, 0.4) is 0 Å². The van der Waals surface area contributed by atoms with Gasteiger partial charge < -0.3 is 19.3 Å².